The van der Waals surface area contributed by atoms with Crippen LogP contribution in [0, 0.1) is 0 Å². The molecule has 0 fully saturated rings. The Bertz CT molecular complexity index is 1400. The van der Waals surface area contributed by atoms with Gasteiger partial charge in [0.25, 0.3) is 5.91 Å². The lowest BCUT2D eigenvalue weighted by molar-refractivity contribution is 0.0977. The summed E-state index contributed by atoms with van der Waals surface area (Å²) < 4.78 is 5.14. The Labute approximate surface area is 195 Å². The lowest BCUT2D eigenvalue weighted by Gasteiger charge is -2.21. The van der Waals surface area contributed by atoms with Crippen LogP contribution in [0.5, 0.6) is 0 Å². The smallest absolute Gasteiger partial charge is 0.408 e. The number of para-hydroxylation sites is 1. The third-order valence-electron chi connectivity index (χ3n) is 4.97. The molecule has 0 aliphatic carbocycles. The molecule has 0 radical (unpaired) electrons. The van der Waals surface area contributed by atoms with Crippen LogP contribution in [0.15, 0.2) is 80.9 Å². The molecule has 168 valence electrons. The number of anilines is 1. The van der Waals surface area contributed by atoms with Crippen molar-refractivity contribution >= 4 is 45.9 Å². The number of amides is 1. The molecule has 0 aliphatic heterocycles. The maximum absolute atomic E-state index is 12.9. The summed E-state index contributed by atoms with van der Waals surface area (Å²) in [6, 6.07) is 19.5. The number of hydrogen-bond donors (Lipinski definition) is 3. The van der Waals surface area contributed by atoms with E-state index in [1.807, 2.05) is 24.3 Å². The first-order chi connectivity index (χ1) is 15.7. The van der Waals surface area contributed by atoms with Crippen LogP contribution < -0.4 is 16.4 Å². The maximum atomic E-state index is 12.9. The fourth-order valence-corrected chi connectivity index (χ4v) is 3.48. The highest BCUT2D eigenvalue weighted by Crippen LogP contribution is 2.31. The Morgan fingerprint density at radius 3 is 2.48 bits per heavy atom. The molecule has 3 N–H and O–H groups in total. The quantitative estimate of drug-likeness (QED) is 0.272. The number of fused-ring (bicyclic) bond motifs is 1. The number of carbonyl (C=O) groups excluding carboxylic acids is 1. The number of nitrogens with zero attached hydrogens (tertiary/aromatic N) is 1. The molecule has 1 heterocycles. The van der Waals surface area contributed by atoms with Crippen molar-refractivity contribution < 1.29 is 9.21 Å². The second kappa shape index (κ2) is 8.96. The van der Waals surface area contributed by atoms with Crippen LogP contribution in [0.1, 0.15) is 36.7 Å². The van der Waals surface area contributed by atoms with Crippen molar-refractivity contribution in [2.45, 2.75) is 26.2 Å². The number of rotatable bonds is 3. The molecule has 0 atom stereocenters. The Morgan fingerprint density at radius 1 is 1.03 bits per heavy atom. The molecule has 0 saturated carbocycles. The summed E-state index contributed by atoms with van der Waals surface area (Å²) in [6.07, 6.45) is 0. The summed E-state index contributed by atoms with van der Waals surface area (Å²) in [5.41, 5.74) is 3.59. The zero-order chi connectivity index (χ0) is 23.6. The molecule has 7 nitrogen and oxygen atoms in total. The Morgan fingerprint density at radius 2 is 1.76 bits per heavy atom. The van der Waals surface area contributed by atoms with Gasteiger partial charge in [0, 0.05) is 22.3 Å². The van der Waals surface area contributed by atoms with Crippen LogP contribution in [0.25, 0.3) is 11.1 Å². The van der Waals surface area contributed by atoms with Crippen molar-refractivity contribution in [1.82, 2.24) is 10.3 Å². The first-order valence-electron chi connectivity index (χ1n) is 10.3. The Hall–Kier alpha value is -3.84. The lowest BCUT2D eigenvalue weighted by Crippen LogP contribution is -2.36. The van der Waals surface area contributed by atoms with Crippen LogP contribution in [-0.4, -0.2) is 16.9 Å². The van der Waals surface area contributed by atoms with Gasteiger partial charge in [0.15, 0.2) is 5.58 Å². The number of benzene rings is 3. The minimum absolute atomic E-state index is 0.154. The van der Waals surface area contributed by atoms with E-state index in [1.165, 1.54) is 0 Å². The molecular formula is C25H23ClN4O3. The molecule has 0 unspecified atom stereocenters. The number of H-pyrrole nitrogens is 1. The number of hydrogen-bond acceptors (Lipinski definition) is 4. The van der Waals surface area contributed by atoms with Gasteiger partial charge in [0.1, 0.15) is 0 Å². The van der Waals surface area contributed by atoms with Crippen LogP contribution >= 0.6 is 11.6 Å². The van der Waals surface area contributed by atoms with Gasteiger partial charge in [-0.1, -0.05) is 50.6 Å². The Balaban J connectivity index is 1.72. The van der Waals surface area contributed by atoms with E-state index in [1.54, 1.807) is 42.5 Å². The molecule has 4 aromatic rings. The van der Waals surface area contributed by atoms with Gasteiger partial charge in [0.2, 0.25) is 5.96 Å². The standard InChI is InChI=1S/C25H23ClN4O3/c1-25(2,3)18-6-4-5-7-19(18)28-23(30-22(31)15-8-10-16(26)11-9-15)27-17-12-13-20-21(14-17)33-24(32)29-20/h4-14H,1-3H3,(H,29,32)(H2,27,28,30,31). The van der Waals surface area contributed by atoms with E-state index in [9.17, 15) is 9.59 Å². The van der Waals surface area contributed by atoms with Gasteiger partial charge in [-0.2, -0.15) is 0 Å². The minimum atomic E-state index is -0.536. The molecule has 33 heavy (non-hydrogen) atoms. The van der Waals surface area contributed by atoms with Gasteiger partial charge in [-0.25, -0.2) is 9.79 Å². The number of halogens is 1. The lowest BCUT2D eigenvalue weighted by atomic mass is 9.86. The van der Waals surface area contributed by atoms with E-state index < -0.39 is 5.76 Å². The van der Waals surface area contributed by atoms with Crippen molar-refractivity contribution in [3.05, 3.63) is 93.4 Å². The Kier molecular flexibility index (Phi) is 6.07. The molecule has 0 spiro atoms. The summed E-state index contributed by atoms with van der Waals surface area (Å²) >= 11 is 5.94. The van der Waals surface area contributed by atoms with Crippen LogP contribution in [-0.2, 0) is 5.41 Å². The highest BCUT2D eigenvalue weighted by molar-refractivity contribution is 6.30. The summed E-state index contributed by atoms with van der Waals surface area (Å²) in [6.45, 7) is 6.30. The van der Waals surface area contributed by atoms with E-state index in [2.05, 4.69) is 36.4 Å². The highest BCUT2D eigenvalue weighted by atomic mass is 35.5. The van der Waals surface area contributed by atoms with Gasteiger partial charge in [0.05, 0.1) is 11.2 Å². The largest absolute Gasteiger partial charge is 0.417 e. The van der Waals surface area contributed by atoms with Crippen molar-refractivity contribution in [2.24, 2.45) is 4.99 Å². The molecule has 3 aromatic carbocycles. The molecular weight excluding hydrogens is 440 g/mol. The molecule has 1 aromatic heterocycles. The number of aliphatic imine (C=N–C) groups is 1. The number of aromatic amines is 1. The maximum Gasteiger partial charge on any atom is 0.417 e. The molecule has 4 rings (SSSR count). The van der Waals surface area contributed by atoms with E-state index in [-0.39, 0.29) is 17.3 Å². The first kappa shape index (κ1) is 22.4. The average Bonchev–Trinajstić information content (AvgIpc) is 3.13. The monoisotopic (exact) mass is 462 g/mol. The number of oxazole rings is 1. The number of nitrogens with one attached hydrogen (secondary N) is 3. The van der Waals surface area contributed by atoms with E-state index in [4.69, 9.17) is 21.0 Å². The SMILES string of the molecule is CC(C)(C)c1ccccc1N=C(NC(=O)c1ccc(Cl)cc1)Nc1ccc2[nH]c(=O)oc2c1. The van der Waals surface area contributed by atoms with Crippen molar-refractivity contribution in [1.29, 1.82) is 0 Å². The van der Waals surface area contributed by atoms with Crippen molar-refractivity contribution in [3.8, 4) is 0 Å². The normalized spacial score (nSPS) is 12.1. The second-order valence-electron chi connectivity index (χ2n) is 8.54. The number of guanidine groups is 1. The first-order valence-corrected chi connectivity index (χ1v) is 10.7. The predicted molar refractivity (Wildman–Crippen MR) is 132 cm³/mol. The van der Waals surface area contributed by atoms with Gasteiger partial charge >= 0.3 is 5.76 Å². The fraction of sp³-hybridized carbons (Fsp3) is 0.160. The van der Waals surface area contributed by atoms with Gasteiger partial charge in [-0.3, -0.25) is 15.1 Å². The summed E-state index contributed by atoms with van der Waals surface area (Å²) in [5.74, 6) is -0.657. The van der Waals surface area contributed by atoms with E-state index >= 15 is 0 Å². The van der Waals surface area contributed by atoms with Crippen molar-refractivity contribution in [2.75, 3.05) is 5.32 Å². The van der Waals surface area contributed by atoms with Gasteiger partial charge in [-0.05, 0) is 53.4 Å². The zero-order valence-electron chi connectivity index (χ0n) is 18.4. The van der Waals surface area contributed by atoms with Gasteiger partial charge in [-0.15, -0.1) is 0 Å². The van der Waals surface area contributed by atoms with Crippen molar-refractivity contribution in [3.63, 3.8) is 0 Å². The summed E-state index contributed by atoms with van der Waals surface area (Å²) in [7, 11) is 0. The zero-order valence-corrected chi connectivity index (χ0v) is 19.2. The summed E-state index contributed by atoms with van der Waals surface area (Å²) in [5, 5.41) is 6.51. The van der Waals surface area contributed by atoms with Crippen LogP contribution in [0.2, 0.25) is 5.02 Å². The van der Waals surface area contributed by atoms with Gasteiger partial charge < -0.3 is 9.73 Å². The topological polar surface area (TPSA) is 99.5 Å². The fourth-order valence-electron chi connectivity index (χ4n) is 3.35. The highest BCUT2D eigenvalue weighted by Gasteiger charge is 2.18. The third-order valence-corrected chi connectivity index (χ3v) is 5.22. The van der Waals surface area contributed by atoms with E-state index in [0.29, 0.717) is 27.4 Å². The minimum Gasteiger partial charge on any atom is -0.408 e. The number of aromatic nitrogens is 1. The second-order valence-corrected chi connectivity index (χ2v) is 8.98. The molecule has 1 amide bonds. The molecule has 8 heteroatoms. The number of carbonyl (C=O) groups is 1. The molecule has 0 aliphatic rings. The van der Waals surface area contributed by atoms with Crippen LogP contribution in [0.4, 0.5) is 11.4 Å². The van der Waals surface area contributed by atoms with E-state index in [0.717, 1.165) is 11.3 Å². The molecule has 0 saturated heterocycles. The summed E-state index contributed by atoms with van der Waals surface area (Å²) in [4.78, 5) is 31.7. The average molecular weight is 463 g/mol. The third kappa shape index (κ3) is 5.32. The van der Waals surface area contributed by atoms with Crippen LogP contribution in [0.3, 0.4) is 0 Å². The molecule has 0 bridgehead atoms. The predicted octanol–water partition coefficient (Wildman–Crippen LogP) is 5.60.